The molecule has 7 nitrogen and oxygen atoms in total. The Kier molecular flexibility index (Phi) is 8.37. The molecule has 2 aliphatic rings. The number of aliphatic hydroxyl groups is 1. The first-order valence-electron chi connectivity index (χ1n) is 11.9. The predicted molar refractivity (Wildman–Crippen MR) is 125 cm³/mol. The van der Waals surface area contributed by atoms with Crippen molar-refractivity contribution in [2.45, 2.75) is 31.4 Å². The number of halogens is 1. The molecule has 184 valence electrons. The zero-order valence-corrected chi connectivity index (χ0v) is 19.5. The molecule has 2 heterocycles. The molecule has 2 saturated heterocycles. The van der Waals surface area contributed by atoms with Crippen LogP contribution >= 0.6 is 0 Å². The molecule has 2 aromatic carbocycles. The molecule has 2 fully saturated rings. The molecule has 0 radical (unpaired) electrons. The molecule has 2 aromatic rings. The highest BCUT2D eigenvalue weighted by Gasteiger charge is 2.33. The van der Waals surface area contributed by atoms with E-state index < -0.39 is 5.60 Å². The number of ether oxygens (including phenoxy) is 3. The lowest BCUT2D eigenvalue weighted by molar-refractivity contribution is -0.127. The van der Waals surface area contributed by atoms with Gasteiger partial charge in [-0.05, 0) is 54.8 Å². The molecule has 0 aromatic heterocycles. The molecule has 2 aliphatic heterocycles. The normalized spacial score (nSPS) is 21.5. The molecule has 4 rings (SSSR count). The lowest BCUT2D eigenvalue weighted by atomic mass is 10.1. The summed E-state index contributed by atoms with van der Waals surface area (Å²) in [4.78, 5) is 15.7. The van der Waals surface area contributed by atoms with Crippen LogP contribution in [0.15, 0.2) is 48.5 Å². The molecule has 1 amide bonds. The third-order valence-electron chi connectivity index (χ3n) is 6.08. The second-order valence-corrected chi connectivity index (χ2v) is 9.06. The van der Waals surface area contributed by atoms with Crippen molar-refractivity contribution in [1.29, 1.82) is 0 Å². The maximum Gasteiger partial charge on any atom is 0.222 e. The molecule has 1 N–H and O–H groups in total. The molecular formula is C26H33FN2O5. The Morgan fingerprint density at radius 2 is 1.94 bits per heavy atom. The summed E-state index contributed by atoms with van der Waals surface area (Å²) in [6.45, 7) is 4.62. The molecule has 1 atom stereocenters. The van der Waals surface area contributed by atoms with Crippen molar-refractivity contribution in [3.05, 3.63) is 59.9 Å². The fourth-order valence-electron chi connectivity index (χ4n) is 4.35. The van der Waals surface area contributed by atoms with Gasteiger partial charge in [0.1, 0.15) is 29.5 Å². The number of hydrogen-bond acceptors (Lipinski definition) is 6. The van der Waals surface area contributed by atoms with Gasteiger partial charge in [0.15, 0.2) is 0 Å². The highest BCUT2D eigenvalue weighted by atomic mass is 19.1. The van der Waals surface area contributed by atoms with Gasteiger partial charge in [0, 0.05) is 39.1 Å². The van der Waals surface area contributed by atoms with Crippen LogP contribution < -0.4 is 9.47 Å². The van der Waals surface area contributed by atoms with Crippen LogP contribution in [0.1, 0.15) is 24.8 Å². The van der Waals surface area contributed by atoms with E-state index in [1.165, 1.54) is 12.1 Å². The average molecular weight is 473 g/mol. The largest absolute Gasteiger partial charge is 0.494 e. The van der Waals surface area contributed by atoms with Gasteiger partial charge in [-0.25, -0.2) is 4.39 Å². The van der Waals surface area contributed by atoms with Gasteiger partial charge in [-0.15, -0.1) is 0 Å². The van der Waals surface area contributed by atoms with E-state index in [-0.39, 0.29) is 24.9 Å². The zero-order chi connectivity index (χ0) is 23.8. The summed E-state index contributed by atoms with van der Waals surface area (Å²) in [7, 11) is 0. The molecule has 0 aliphatic carbocycles. The first kappa shape index (κ1) is 24.4. The minimum absolute atomic E-state index is 0.0534. The van der Waals surface area contributed by atoms with Gasteiger partial charge in [0.2, 0.25) is 5.91 Å². The van der Waals surface area contributed by atoms with Gasteiger partial charge in [0.25, 0.3) is 0 Å². The molecule has 34 heavy (non-hydrogen) atoms. The van der Waals surface area contributed by atoms with E-state index in [0.717, 1.165) is 37.2 Å². The van der Waals surface area contributed by atoms with Crippen molar-refractivity contribution in [1.82, 2.24) is 9.80 Å². The van der Waals surface area contributed by atoms with Crippen molar-refractivity contribution >= 4 is 5.91 Å². The maximum absolute atomic E-state index is 13.1. The van der Waals surface area contributed by atoms with E-state index in [1.54, 1.807) is 12.1 Å². The standard InChI is InChI=1S/C26H33FN2O5/c27-22-7-9-23(10-8-22)34-20-26(31)18-28(13-15-32-19-26)17-21-4-1-5-24(16-21)33-14-3-12-29-11-2-6-25(29)30/h1,4-5,7-10,16,31H,2-3,6,11-15,17-20H2. The highest BCUT2D eigenvalue weighted by molar-refractivity contribution is 5.77. The highest BCUT2D eigenvalue weighted by Crippen LogP contribution is 2.20. The first-order valence-corrected chi connectivity index (χ1v) is 11.9. The van der Waals surface area contributed by atoms with E-state index in [1.807, 2.05) is 29.2 Å². The summed E-state index contributed by atoms with van der Waals surface area (Å²) in [5, 5.41) is 11.1. The lowest BCUT2D eigenvalue weighted by Crippen LogP contribution is -2.48. The second-order valence-electron chi connectivity index (χ2n) is 9.06. The second kappa shape index (κ2) is 11.6. The Balaban J connectivity index is 1.27. The van der Waals surface area contributed by atoms with Gasteiger partial charge < -0.3 is 24.2 Å². The Bertz CT molecular complexity index is 941. The van der Waals surface area contributed by atoms with Crippen molar-refractivity contribution < 1.29 is 28.5 Å². The third-order valence-corrected chi connectivity index (χ3v) is 6.08. The summed E-state index contributed by atoms with van der Waals surface area (Å²) in [5.74, 6) is 1.21. The van der Waals surface area contributed by atoms with Crippen molar-refractivity contribution in [2.75, 3.05) is 52.6 Å². The van der Waals surface area contributed by atoms with Crippen LogP contribution in [-0.4, -0.2) is 79.0 Å². The Morgan fingerprint density at radius 3 is 2.74 bits per heavy atom. The summed E-state index contributed by atoms with van der Waals surface area (Å²) in [6.07, 6.45) is 2.43. The molecular weight excluding hydrogens is 439 g/mol. The van der Waals surface area contributed by atoms with Gasteiger partial charge >= 0.3 is 0 Å². The van der Waals surface area contributed by atoms with Crippen LogP contribution in [0.3, 0.4) is 0 Å². The topological polar surface area (TPSA) is 71.5 Å². The maximum atomic E-state index is 13.1. The first-order chi connectivity index (χ1) is 16.5. The fraction of sp³-hybridized carbons (Fsp3) is 0.500. The summed E-state index contributed by atoms with van der Waals surface area (Å²) >= 11 is 0. The number of amides is 1. The predicted octanol–water partition coefficient (Wildman–Crippen LogP) is 2.86. The minimum Gasteiger partial charge on any atom is -0.494 e. The Hall–Kier alpha value is -2.68. The van der Waals surface area contributed by atoms with E-state index >= 15 is 0 Å². The number of nitrogens with zero attached hydrogens (tertiary/aromatic N) is 2. The Morgan fingerprint density at radius 1 is 1.09 bits per heavy atom. The number of β-amino-alcohol motifs (C(OH)–C–C–N with tert-alkyl or cyclic N) is 1. The average Bonchev–Trinajstić information content (AvgIpc) is 3.14. The van der Waals surface area contributed by atoms with Gasteiger partial charge in [0.05, 0.1) is 19.8 Å². The third kappa shape index (κ3) is 7.16. The minimum atomic E-state index is -1.17. The Labute approximate surface area is 200 Å². The smallest absolute Gasteiger partial charge is 0.222 e. The summed E-state index contributed by atoms with van der Waals surface area (Å²) < 4.78 is 30.4. The summed E-state index contributed by atoms with van der Waals surface area (Å²) in [6, 6.07) is 13.7. The number of hydrogen-bond donors (Lipinski definition) is 1. The van der Waals surface area contributed by atoms with Crippen LogP contribution in [-0.2, 0) is 16.1 Å². The SMILES string of the molecule is O=C1CCCN1CCCOc1cccc(CN2CCOCC(O)(COc3ccc(F)cc3)C2)c1. The van der Waals surface area contributed by atoms with E-state index in [0.29, 0.717) is 45.0 Å². The van der Waals surface area contributed by atoms with Crippen molar-refractivity contribution in [3.63, 3.8) is 0 Å². The van der Waals surface area contributed by atoms with Crippen LogP contribution in [0.5, 0.6) is 11.5 Å². The molecule has 1 unspecified atom stereocenters. The quantitative estimate of drug-likeness (QED) is 0.537. The van der Waals surface area contributed by atoms with Crippen LogP contribution in [0.4, 0.5) is 4.39 Å². The lowest BCUT2D eigenvalue weighted by Gasteiger charge is -2.30. The fourth-order valence-corrected chi connectivity index (χ4v) is 4.35. The number of likely N-dealkylation sites (tertiary alicyclic amines) is 1. The summed E-state index contributed by atoms with van der Waals surface area (Å²) in [5.41, 5.74) is -0.0950. The number of carbonyl (C=O) groups is 1. The molecule has 0 spiro atoms. The van der Waals surface area contributed by atoms with Gasteiger partial charge in [-0.2, -0.15) is 0 Å². The monoisotopic (exact) mass is 472 g/mol. The van der Waals surface area contributed by atoms with Crippen molar-refractivity contribution in [2.24, 2.45) is 0 Å². The van der Waals surface area contributed by atoms with Gasteiger partial charge in [-0.3, -0.25) is 9.69 Å². The molecule has 8 heteroatoms. The van der Waals surface area contributed by atoms with Crippen LogP contribution in [0, 0.1) is 5.82 Å². The van der Waals surface area contributed by atoms with Crippen LogP contribution in [0.2, 0.25) is 0 Å². The number of benzene rings is 2. The van der Waals surface area contributed by atoms with E-state index in [4.69, 9.17) is 14.2 Å². The zero-order valence-electron chi connectivity index (χ0n) is 19.5. The van der Waals surface area contributed by atoms with Crippen LogP contribution in [0.25, 0.3) is 0 Å². The van der Waals surface area contributed by atoms with E-state index in [9.17, 15) is 14.3 Å². The van der Waals surface area contributed by atoms with E-state index in [2.05, 4.69) is 4.90 Å². The molecule has 0 saturated carbocycles. The molecule has 0 bridgehead atoms. The van der Waals surface area contributed by atoms with Crippen molar-refractivity contribution in [3.8, 4) is 11.5 Å². The number of rotatable bonds is 10. The number of carbonyl (C=O) groups excluding carboxylic acids is 1. The van der Waals surface area contributed by atoms with Gasteiger partial charge in [-0.1, -0.05) is 12.1 Å².